The molecule has 3 nitrogen and oxygen atoms in total. The second-order valence-corrected chi connectivity index (χ2v) is 3.72. The number of hydrogen-bond acceptors (Lipinski definition) is 3. The number of ether oxygens (including phenoxy) is 1. The Morgan fingerprint density at radius 3 is 2.38 bits per heavy atom. The SMILES string of the molecule is C=C(C)C(=O)OC=CCCCCCCC=O. The zero-order valence-corrected chi connectivity index (χ0v) is 9.91. The van der Waals surface area contributed by atoms with Crippen LogP contribution < -0.4 is 0 Å². The summed E-state index contributed by atoms with van der Waals surface area (Å²) in [6.07, 6.45) is 9.97. The predicted molar refractivity (Wildman–Crippen MR) is 63.8 cm³/mol. The molecule has 0 aliphatic carbocycles. The molecule has 0 N–H and O–H groups in total. The Morgan fingerprint density at radius 2 is 1.81 bits per heavy atom. The van der Waals surface area contributed by atoms with Gasteiger partial charge in [0.15, 0.2) is 0 Å². The van der Waals surface area contributed by atoms with Gasteiger partial charge in [-0.3, -0.25) is 0 Å². The molecular formula is C13H20O3. The van der Waals surface area contributed by atoms with Crippen LogP contribution in [0.3, 0.4) is 0 Å². The van der Waals surface area contributed by atoms with Crippen molar-refractivity contribution in [2.75, 3.05) is 0 Å². The van der Waals surface area contributed by atoms with Crippen molar-refractivity contribution < 1.29 is 14.3 Å². The predicted octanol–water partition coefficient (Wildman–Crippen LogP) is 3.16. The van der Waals surface area contributed by atoms with E-state index in [9.17, 15) is 9.59 Å². The third-order valence-corrected chi connectivity index (χ3v) is 2.06. The van der Waals surface area contributed by atoms with E-state index in [1.165, 1.54) is 6.26 Å². The van der Waals surface area contributed by atoms with Crippen molar-refractivity contribution in [3.05, 3.63) is 24.5 Å². The fourth-order valence-corrected chi connectivity index (χ4v) is 1.12. The van der Waals surface area contributed by atoms with Gasteiger partial charge in [-0.15, -0.1) is 0 Å². The molecule has 0 aromatic rings. The van der Waals surface area contributed by atoms with E-state index in [1.807, 2.05) is 6.08 Å². The van der Waals surface area contributed by atoms with E-state index in [0.717, 1.165) is 38.4 Å². The molecule has 0 aromatic heterocycles. The van der Waals surface area contributed by atoms with Crippen LogP contribution in [0.4, 0.5) is 0 Å². The minimum Gasteiger partial charge on any atom is -0.431 e. The number of rotatable bonds is 9. The number of carbonyl (C=O) groups is 2. The topological polar surface area (TPSA) is 43.4 Å². The molecule has 0 radical (unpaired) electrons. The molecule has 0 saturated carbocycles. The van der Waals surface area contributed by atoms with Crippen LogP contribution in [0.1, 0.15) is 45.4 Å². The Hall–Kier alpha value is -1.38. The van der Waals surface area contributed by atoms with E-state index in [0.29, 0.717) is 12.0 Å². The summed E-state index contributed by atoms with van der Waals surface area (Å²) in [4.78, 5) is 21.0. The zero-order chi connectivity index (χ0) is 12.2. The quantitative estimate of drug-likeness (QED) is 0.199. The summed E-state index contributed by atoms with van der Waals surface area (Å²) in [5.74, 6) is -0.387. The van der Waals surface area contributed by atoms with E-state index >= 15 is 0 Å². The number of aldehydes is 1. The molecule has 0 aliphatic rings. The summed E-state index contributed by atoms with van der Waals surface area (Å²) in [5, 5.41) is 0. The van der Waals surface area contributed by atoms with Gasteiger partial charge < -0.3 is 9.53 Å². The normalized spacial score (nSPS) is 10.3. The van der Waals surface area contributed by atoms with Crippen LogP contribution in [0.5, 0.6) is 0 Å². The minimum atomic E-state index is -0.387. The highest BCUT2D eigenvalue weighted by atomic mass is 16.5. The monoisotopic (exact) mass is 224 g/mol. The third kappa shape index (κ3) is 9.19. The Labute approximate surface area is 97.2 Å². The molecule has 0 amide bonds. The Bertz CT molecular complexity index is 254. The molecule has 0 rings (SSSR count). The van der Waals surface area contributed by atoms with E-state index in [1.54, 1.807) is 6.92 Å². The largest absolute Gasteiger partial charge is 0.431 e. The molecule has 0 unspecified atom stereocenters. The minimum absolute atomic E-state index is 0.387. The number of esters is 1. The summed E-state index contributed by atoms with van der Waals surface area (Å²) >= 11 is 0. The summed E-state index contributed by atoms with van der Waals surface area (Å²) in [6, 6.07) is 0. The molecule has 0 aromatic carbocycles. The summed E-state index contributed by atoms with van der Waals surface area (Å²) in [5.41, 5.74) is 0.401. The van der Waals surface area contributed by atoms with Crippen molar-refractivity contribution in [2.24, 2.45) is 0 Å². The Kier molecular flexibility index (Phi) is 9.27. The zero-order valence-electron chi connectivity index (χ0n) is 9.91. The smallest absolute Gasteiger partial charge is 0.337 e. The second kappa shape index (κ2) is 10.1. The maximum Gasteiger partial charge on any atom is 0.337 e. The van der Waals surface area contributed by atoms with Crippen molar-refractivity contribution >= 4 is 12.3 Å². The Balaban J connectivity index is 3.31. The van der Waals surface area contributed by atoms with Gasteiger partial charge in [-0.05, 0) is 32.3 Å². The van der Waals surface area contributed by atoms with E-state index in [2.05, 4.69) is 6.58 Å². The molecular weight excluding hydrogens is 204 g/mol. The van der Waals surface area contributed by atoms with Gasteiger partial charge in [0.2, 0.25) is 0 Å². The van der Waals surface area contributed by atoms with Crippen molar-refractivity contribution in [1.82, 2.24) is 0 Å². The maximum absolute atomic E-state index is 10.9. The molecule has 0 bridgehead atoms. The molecule has 0 aliphatic heterocycles. The third-order valence-electron chi connectivity index (χ3n) is 2.06. The molecule has 0 fully saturated rings. The molecule has 0 spiro atoms. The first-order valence-electron chi connectivity index (χ1n) is 5.63. The van der Waals surface area contributed by atoms with E-state index < -0.39 is 0 Å². The van der Waals surface area contributed by atoms with E-state index in [4.69, 9.17) is 4.74 Å². The van der Waals surface area contributed by atoms with Crippen LogP contribution in [-0.4, -0.2) is 12.3 Å². The summed E-state index contributed by atoms with van der Waals surface area (Å²) in [7, 11) is 0. The lowest BCUT2D eigenvalue weighted by molar-refractivity contribution is -0.133. The number of carbonyl (C=O) groups excluding carboxylic acids is 2. The van der Waals surface area contributed by atoms with Crippen LogP contribution in [0.2, 0.25) is 0 Å². The highest BCUT2D eigenvalue weighted by Crippen LogP contribution is 2.05. The van der Waals surface area contributed by atoms with Gasteiger partial charge in [-0.1, -0.05) is 19.4 Å². The van der Waals surface area contributed by atoms with Gasteiger partial charge >= 0.3 is 5.97 Å². The fraction of sp³-hybridized carbons (Fsp3) is 0.538. The van der Waals surface area contributed by atoms with Gasteiger partial charge in [-0.2, -0.15) is 0 Å². The lowest BCUT2D eigenvalue weighted by Gasteiger charge is -1.97. The lowest BCUT2D eigenvalue weighted by Crippen LogP contribution is -1.98. The van der Waals surface area contributed by atoms with Crippen molar-refractivity contribution in [3.8, 4) is 0 Å². The van der Waals surface area contributed by atoms with Crippen LogP contribution in [0.15, 0.2) is 24.5 Å². The molecule has 0 atom stereocenters. The average molecular weight is 224 g/mol. The number of allylic oxidation sites excluding steroid dienone is 1. The number of hydrogen-bond donors (Lipinski definition) is 0. The van der Waals surface area contributed by atoms with Crippen LogP contribution in [-0.2, 0) is 14.3 Å². The van der Waals surface area contributed by atoms with Gasteiger partial charge in [0, 0.05) is 12.0 Å². The van der Waals surface area contributed by atoms with Gasteiger partial charge in [0.1, 0.15) is 6.29 Å². The maximum atomic E-state index is 10.9. The summed E-state index contributed by atoms with van der Waals surface area (Å²) < 4.78 is 4.78. The molecule has 0 heterocycles. The highest BCUT2D eigenvalue weighted by molar-refractivity contribution is 5.87. The standard InChI is InChI=1S/C13H20O3/c1-12(2)13(15)16-11-9-7-5-3-4-6-8-10-14/h9-11H,1,3-8H2,2H3. The van der Waals surface area contributed by atoms with Crippen LogP contribution in [0.25, 0.3) is 0 Å². The van der Waals surface area contributed by atoms with Crippen molar-refractivity contribution in [3.63, 3.8) is 0 Å². The van der Waals surface area contributed by atoms with Crippen LogP contribution in [0, 0.1) is 0 Å². The lowest BCUT2D eigenvalue weighted by atomic mass is 10.1. The molecule has 90 valence electrons. The van der Waals surface area contributed by atoms with E-state index in [-0.39, 0.29) is 5.97 Å². The average Bonchev–Trinajstić information content (AvgIpc) is 2.26. The van der Waals surface area contributed by atoms with Crippen molar-refractivity contribution in [2.45, 2.75) is 45.4 Å². The van der Waals surface area contributed by atoms with Gasteiger partial charge in [0.05, 0.1) is 6.26 Å². The number of unbranched alkanes of at least 4 members (excludes halogenated alkanes) is 5. The summed E-state index contributed by atoms with van der Waals surface area (Å²) in [6.45, 7) is 5.09. The van der Waals surface area contributed by atoms with Gasteiger partial charge in [0.25, 0.3) is 0 Å². The van der Waals surface area contributed by atoms with Crippen molar-refractivity contribution in [1.29, 1.82) is 0 Å². The molecule has 0 saturated heterocycles. The first-order valence-corrected chi connectivity index (χ1v) is 5.63. The molecule has 3 heteroatoms. The first-order chi connectivity index (χ1) is 7.68. The molecule has 16 heavy (non-hydrogen) atoms. The Morgan fingerprint density at radius 1 is 1.19 bits per heavy atom. The highest BCUT2D eigenvalue weighted by Gasteiger charge is 1.98. The van der Waals surface area contributed by atoms with Crippen LogP contribution >= 0.6 is 0 Å². The fourth-order valence-electron chi connectivity index (χ4n) is 1.12. The second-order valence-electron chi connectivity index (χ2n) is 3.72. The first kappa shape index (κ1) is 14.6. The van der Waals surface area contributed by atoms with Gasteiger partial charge in [-0.25, -0.2) is 4.79 Å².